The third-order valence-corrected chi connectivity index (χ3v) is 20.0. The van der Waals surface area contributed by atoms with E-state index >= 15 is 0 Å². The normalized spacial score (nSPS) is 14.0. The Balaban J connectivity index is 5.24. The first kappa shape index (κ1) is 95.1. The summed E-state index contributed by atoms with van der Waals surface area (Å²) in [5, 5.41) is 10.6. The minimum absolute atomic E-state index is 0.106. The van der Waals surface area contributed by atoms with Crippen LogP contribution in [0.2, 0.25) is 0 Å². The molecule has 0 rings (SSSR count). The molecule has 0 aromatic heterocycles. The Kier molecular flexibility index (Phi) is 67.1. The maximum absolute atomic E-state index is 13.1. The highest BCUT2D eigenvalue weighted by Gasteiger charge is 2.30. The average molecular weight is 1420 g/mol. The van der Waals surface area contributed by atoms with Crippen LogP contribution >= 0.6 is 15.6 Å². The van der Waals surface area contributed by atoms with Crippen LogP contribution in [0.25, 0.3) is 0 Å². The van der Waals surface area contributed by atoms with Gasteiger partial charge in [-0.25, -0.2) is 9.13 Å². The second kappa shape index (κ2) is 68.5. The summed E-state index contributed by atoms with van der Waals surface area (Å²) in [5.41, 5.74) is 0. The molecule has 97 heavy (non-hydrogen) atoms. The van der Waals surface area contributed by atoms with Gasteiger partial charge >= 0.3 is 39.5 Å². The summed E-state index contributed by atoms with van der Waals surface area (Å²) in [6.07, 6.45) is 55.4. The van der Waals surface area contributed by atoms with Gasteiger partial charge in [-0.2, -0.15) is 0 Å². The summed E-state index contributed by atoms with van der Waals surface area (Å²) in [6.45, 7) is 11.9. The number of hydrogen-bond acceptors (Lipinski definition) is 15. The zero-order valence-electron chi connectivity index (χ0n) is 63.5. The molecular weight excluding hydrogens is 1270 g/mol. The zero-order valence-corrected chi connectivity index (χ0v) is 65.3. The van der Waals surface area contributed by atoms with Crippen molar-refractivity contribution in [1.29, 1.82) is 0 Å². The van der Waals surface area contributed by atoms with E-state index in [4.69, 9.17) is 37.0 Å². The standard InChI is InChI=1S/C78H152O17P2/c1-8-9-10-11-12-13-31-38-45-52-59-75(80)88-65-73(95-78(83)62-55-48-41-34-27-21-24-30-37-44-51-58-71(6)7)67-92-96(84,85)90-63-72(79)64-91-97(86,87)93-68-74(66-89-76(81)60-53-46-39-32-26-20-23-29-36-43-50-57-70(4)5)94-77(82)61-54-47-40-33-25-19-17-15-14-16-18-22-28-35-42-49-56-69(2)3/h69-74,79H,8-68H2,1-7H3,(H,84,85)(H,86,87)/t72-,73+,74+/m0/s1. The first-order chi connectivity index (χ1) is 46.7. The smallest absolute Gasteiger partial charge is 0.462 e. The van der Waals surface area contributed by atoms with Gasteiger partial charge < -0.3 is 33.8 Å². The lowest BCUT2D eigenvalue weighted by Gasteiger charge is -2.21. The van der Waals surface area contributed by atoms with Crippen molar-refractivity contribution in [2.75, 3.05) is 39.6 Å². The zero-order chi connectivity index (χ0) is 71.6. The van der Waals surface area contributed by atoms with E-state index in [1.165, 1.54) is 212 Å². The van der Waals surface area contributed by atoms with Crippen LogP contribution in [0.4, 0.5) is 0 Å². The highest BCUT2D eigenvalue weighted by molar-refractivity contribution is 7.47. The van der Waals surface area contributed by atoms with E-state index in [9.17, 15) is 43.2 Å². The molecule has 19 heteroatoms. The molecule has 0 saturated heterocycles. The molecule has 0 heterocycles. The van der Waals surface area contributed by atoms with Gasteiger partial charge in [0.1, 0.15) is 19.3 Å². The summed E-state index contributed by atoms with van der Waals surface area (Å²) in [4.78, 5) is 72.9. The molecule has 576 valence electrons. The summed E-state index contributed by atoms with van der Waals surface area (Å²) >= 11 is 0. The van der Waals surface area contributed by atoms with Crippen LogP contribution in [0.1, 0.15) is 402 Å². The van der Waals surface area contributed by atoms with E-state index in [2.05, 4.69) is 48.5 Å². The topological polar surface area (TPSA) is 237 Å². The van der Waals surface area contributed by atoms with Gasteiger partial charge in [0.2, 0.25) is 0 Å². The average Bonchev–Trinajstić information content (AvgIpc) is 1.19. The number of unbranched alkanes of at least 4 members (excludes halogenated alkanes) is 44. The van der Waals surface area contributed by atoms with Gasteiger partial charge in [0.05, 0.1) is 26.4 Å². The number of rotatable bonds is 76. The van der Waals surface area contributed by atoms with Crippen molar-refractivity contribution < 1.29 is 80.2 Å². The monoisotopic (exact) mass is 1420 g/mol. The molecule has 0 saturated carbocycles. The van der Waals surface area contributed by atoms with Crippen LogP contribution in [-0.2, 0) is 65.4 Å². The number of ether oxygens (including phenoxy) is 4. The molecule has 0 aliphatic heterocycles. The van der Waals surface area contributed by atoms with Gasteiger partial charge in [-0.3, -0.25) is 37.3 Å². The molecule has 0 aromatic carbocycles. The first-order valence-corrected chi connectivity index (χ1v) is 43.3. The van der Waals surface area contributed by atoms with Gasteiger partial charge in [-0.05, 0) is 43.4 Å². The van der Waals surface area contributed by atoms with Crippen molar-refractivity contribution in [2.24, 2.45) is 17.8 Å². The minimum Gasteiger partial charge on any atom is -0.462 e. The van der Waals surface area contributed by atoms with Crippen molar-refractivity contribution in [3.8, 4) is 0 Å². The molecule has 0 aliphatic rings. The van der Waals surface area contributed by atoms with E-state index in [1.54, 1.807) is 0 Å². The summed E-state index contributed by atoms with van der Waals surface area (Å²) in [6, 6.07) is 0. The van der Waals surface area contributed by atoms with Crippen molar-refractivity contribution >= 4 is 39.5 Å². The number of esters is 4. The number of phosphoric ester groups is 2. The third kappa shape index (κ3) is 72.2. The van der Waals surface area contributed by atoms with Crippen molar-refractivity contribution in [1.82, 2.24) is 0 Å². The number of aliphatic hydroxyl groups excluding tert-OH is 1. The minimum atomic E-state index is -4.96. The van der Waals surface area contributed by atoms with Gasteiger partial charge in [-0.1, -0.05) is 350 Å². The summed E-state index contributed by atoms with van der Waals surface area (Å²) in [5.74, 6) is 0.231. The molecule has 2 unspecified atom stereocenters. The molecule has 0 bridgehead atoms. The quantitative estimate of drug-likeness (QED) is 0.0222. The SMILES string of the molecule is CCCCCCCCCCCCC(=O)OC[C@H](COP(=O)(O)OC[C@H](O)COP(=O)(O)OC[C@@H](COC(=O)CCCCCCCCCCCCCC(C)C)OC(=O)CCCCCCCCCCCCCCCCCCC(C)C)OC(=O)CCCCCCCCCCCCCC(C)C. The molecule has 0 spiro atoms. The third-order valence-electron chi connectivity index (χ3n) is 18.1. The maximum atomic E-state index is 13.1. The second-order valence-electron chi connectivity index (χ2n) is 29.5. The molecule has 0 fully saturated rings. The van der Waals surface area contributed by atoms with Gasteiger partial charge in [0, 0.05) is 25.7 Å². The lowest BCUT2D eigenvalue weighted by atomic mass is 10.0. The molecule has 5 atom stereocenters. The van der Waals surface area contributed by atoms with Crippen LogP contribution < -0.4 is 0 Å². The molecule has 17 nitrogen and oxygen atoms in total. The van der Waals surface area contributed by atoms with Crippen LogP contribution in [0.3, 0.4) is 0 Å². The molecule has 0 radical (unpaired) electrons. The number of carbonyl (C=O) groups excluding carboxylic acids is 4. The second-order valence-corrected chi connectivity index (χ2v) is 32.4. The Morgan fingerprint density at radius 3 is 0.701 bits per heavy atom. The Bertz CT molecular complexity index is 1890. The first-order valence-electron chi connectivity index (χ1n) is 40.3. The van der Waals surface area contributed by atoms with Crippen LogP contribution in [0.15, 0.2) is 0 Å². The van der Waals surface area contributed by atoms with E-state index in [-0.39, 0.29) is 25.7 Å². The van der Waals surface area contributed by atoms with Gasteiger partial charge in [0.15, 0.2) is 12.2 Å². The number of carbonyl (C=O) groups is 4. The predicted octanol–water partition coefficient (Wildman–Crippen LogP) is 23.0. The fraction of sp³-hybridized carbons (Fsp3) is 0.949. The van der Waals surface area contributed by atoms with E-state index in [0.29, 0.717) is 25.7 Å². The van der Waals surface area contributed by atoms with Crippen molar-refractivity contribution in [3.63, 3.8) is 0 Å². The van der Waals surface area contributed by atoms with Gasteiger partial charge in [-0.15, -0.1) is 0 Å². The Labute approximate surface area is 594 Å². The van der Waals surface area contributed by atoms with Crippen LogP contribution in [0, 0.1) is 17.8 Å². The molecule has 0 aliphatic carbocycles. The van der Waals surface area contributed by atoms with E-state index in [1.807, 2.05) is 0 Å². The fourth-order valence-corrected chi connectivity index (χ4v) is 13.5. The van der Waals surface area contributed by atoms with E-state index in [0.717, 1.165) is 108 Å². The van der Waals surface area contributed by atoms with Gasteiger partial charge in [0.25, 0.3) is 0 Å². The highest BCUT2D eigenvalue weighted by Crippen LogP contribution is 2.45. The van der Waals surface area contributed by atoms with Crippen LogP contribution in [-0.4, -0.2) is 96.7 Å². The van der Waals surface area contributed by atoms with Crippen molar-refractivity contribution in [3.05, 3.63) is 0 Å². The molecule has 3 N–H and O–H groups in total. The Hall–Kier alpha value is -1.94. The van der Waals surface area contributed by atoms with Crippen molar-refractivity contribution in [2.45, 2.75) is 420 Å². The predicted molar refractivity (Wildman–Crippen MR) is 395 cm³/mol. The summed E-state index contributed by atoms with van der Waals surface area (Å²) < 4.78 is 68.6. The summed E-state index contributed by atoms with van der Waals surface area (Å²) in [7, 11) is -9.91. The lowest BCUT2D eigenvalue weighted by Crippen LogP contribution is -2.30. The lowest BCUT2D eigenvalue weighted by molar-refractivity contribution is -0.161. The Morgan fingerprint density at radius 1 is 0.278 bits per heavy atom. The number of hydrogen-bond donors (Lipinski definition) is 3. The number of aliphatic hydroxyl groups is 1. The van der Waals surface area contributed by atoms with E-state index < -0.39 is 97.5 Å². The molecular formula is C78H152O17P2. The largest absolute Gasteiger partial charge is 0.472 e. The maximum Gasteiger partial charge on any atom is 0.472 e. The fourth-order valence-electron chi connectivity index (χ4n) is 12.0. The molecule has 0 amide bonds. The number of phosphoric acid groups is 2. The Morgan fingerprint density at radius 2 is 0.474 bits per heavy atom. The molecule has 0 aromatic rings. The van der Waals surface area contributed by atoms with Crippen LogP contribution in [0.5, 0.6) is 0 Å². The highest BCUT2D eigenvalue weighted by atomic mass is 31.2.